The summed E-state index contributed by atoms with van der Waals surface area (Å²) < 4.78 is 13.4. The zero-order chi connectivity index (χ0) is 38.2. The molecule has 3 heteroatoms. The first-order valence-electron chi connectivity index (χ1n) is 19.9. The van der Waals surface area contributed by atoms with E-state index in [0.29, 0.717) is 0 Å². The summed E-state index contributed by atoms with van der Waals surface area (Å²) in [6, 6.07) is 59.6. The van der Waals surface area contributed by atoms with E-state index >= 15 is 0 Å². The summed E-state index contributed by atoms with van der Waals surface area (Å²) in [5, 5.41) is 4.61. The van der Waals surface area contributed by atoms with Gasteiger partial charge in [-0.2, -0.15) is 0 Å². The maximum Gasteiger partial charge on any atom is 0.143 e. The van der Waals surface area contributed by atoms with Gasteiger partial charge in [0.25, 0.3) is 0 Å². The van der Waals surface area contributed by atoms with Gasteiger partial charge in [-0.05, 0) is 93.0 Å². The van der Waals surface area contributed by atoms with Crippen LogP contribution in [0.4, 0.5) is 17.1 Å². The Bertz CT molecular complexity index is 3110. The van der Waals surface area contributed by atoms with Gasteiger partial charge in [0.1, 0.15) is 22.3 Å². The highest BCUT2D eigenvalue weighted by Gasteiger charge is 2.40. The second-order valence-electron chi connectivity index (χ2n) is 16.9. The minimum Gasteiger partial charge on any atom is -0.455 e. The second-order valence-corrected chi connectivity index (χ2v) is 16.9. The minimum absolute atomic E-state index is 0.181. The Balaban J connectivity index is 1.09. The third kappa shape index (κ3) is 4.43. The minimum atomic E-state index is -0.181. The van der Waals surface area contributed by atoms with E-state index in [-0.39, 0.29) is 10.8 Å². The topological polar surface area (TPSA) is 29.5 Å². The number of benzene rings is 8. The summed E-state index contributed by atoms with van der Waals surface area (Å²) in [5.41, 5.74) is 19.1. The smallest absolute Gasteiger partial charge is 0.143 e. The number of furan rings is 2. The van der Waals surface area contributed by atoms with Gasteiger partial charge in [-0.25, -0.2) is 0 Å². The number of hydrogen-bond donors (Lipinski definition) is 0. The van der Waals surface area contributed by atoms with E-state index in [0.717, 1.165) is 60.9 Å². The molecule has 0 saturated carbocycles. The molecule has 3 nitrogen and oxygen atoms in total. The van der Waals surface area contributed by atoms with Crippen LogP contribution in [0, 0.1) is 0 Å². The first-order valence-corrected chi connectivity index (χ1v) is 19.9. The maximum absolute atomic E-state index is 6.71. The lowest BCUT2D eigenvalue weighted by molar-refractivity contribution is 0.653. The number of hydrogen-bond acceptors (Lipinski definition) is 3. The van der Waals surface area contributed by atoms with Gasteiger partial charge in [-0.15, -0.1) is 0 Å². The van der Waals surface area contributed by atoms with Gasteiger partial charge in [0, 0.05) is 60.6 Å². The first-order chi connectivity index (χ1) is 27.8. The number of rotatable bonds is 4. The molecule has 0 spiro atoms. The molecule has 2 aliphatic rings. The molecule has 0 atom stereocenters. The fourth-order valence-corrected chi connectivity index (χ4v) is 10.2. The van der Waals surface area contributed by atoms with Gasteiger partial charge >= 0.3 is 0 Å². The van der Waals surface area contributed by atoms with Crippen LogP contribution in [0.3, 0.4) is 0 Å². The Kier molecular flexibility index (Phi) is 6.46. The molecule has 0 amide bonds. The number of fused-ring (bicyclic) bond motifs is 14. The van der Waals surface area contributed by atoms with Crippen LogP contribution in [0.1, 0.15) is 49.9 Å². The SMILES string of the molecule is CC1(C)c2ccc(N(c3ccc(-c4ccccc4)cc3)c3ccc4c(c3)-c3c(ccc5c3oc3ccccc35)C4(C)C)cc2-c2c1ccc1c2oc2ccccc21. The van der Waals surface area contributed by atoms with Gasteiger partial charge in [0.2, 0.25) is 0 Å². The van der Waals surface area contributed by atoms with Gasteiger partial charge in [-0.3, -0.25) is 0 Å². The number of nitrogens with zero attached hydrogens (tertiary/aromatic N) is 1. The van der Waals surface area contributed by atoms with E-state index in [2.05, 4.69) is 196 Å². The molecule has 0 unspecified atom stereocenters. The lowest BCUT2D eigenvalue weighted by Gasteiger charge is -2.28. The van der Waals surface area contributed by atoms with E-state index in [1.807, 2.05) is 0 Å². The van der Waals surface area contributed by atoms with Crippen molar-refractivity contribution in [2.45, 2.75) is 38.5 Å². The molecule has 0 fully saturated rings. The van der Waals surface area contributed by atoms with Crippen LogP contribution in [-0.4, -0.2) is 0 Å². The van der Waals surface area contributed by atoms with Gasteiger partial charge in [0.15, 0.2) is 0 Å². The van der Waals surface area contributed by atoms with E-state index in [4.69, 9.17) is 8.83 Å². The molecule has 2 aromatic heterocycles. The van der Waals surface area contributed by atoms with Crippen LogP contribution in [0.5, 0.6) is 0 Å². The monoisotopic (exact) mass is 733 g/mol. The Morgan fingerprint density at radius 3 is 1.30 bits per heavy atom. The molecule has 0 radical (unpaired) electrons. The predicted molar refractivity (Wildman–Crippen MR) is 236 cm³/mol. The van der Waals surface area contributed by atoms with E-state index in [1.54, 1.807) is 0 Å². The largest absolute Gasteiger partial charge is 0.455 e. The number of para-hydroxylation sites is 2. The lowest BCUT2D eigenvalue weighted by Crippen LogP contribution is -2.16. The van der Waals surface area contributed by atoms with Crippen LogP contribution < -0.4 is 4.90 Å². The summed E-state index contributed by atoms with van der Waals surface area (Å²) in [5.74, 6) is 0. The number of anilines is 3. The van der Waals surface area contributed by atoms with E-state index in [9.17, 15) is 0 Å². The van der Waals surface area contributed by atoms with Gasteiger partial charge < -0.3 is 13.7 Å². The average molecular weight is 734 g/mol. The third-order valence-electron chi connectivity index (χ3n) is 13.1. The highest BCUT2D eigenvalue weighted by Crippen LogP contribution is 2.56. The second kappa shape index (κ2) is 11.4. The van der Waals surface area contributed by atoms with Gasteiger partial charge in [0.05, 0.1) is 0 Å². The third-order valence-corrected chi connectivity index (χ3v) is 13.1. The predicted octanol–water partition coefficient (Wildman–Crippen LogP) is 15.2. The molecule has 2 heterocycles. The van der Waals surface area contributed by atoms with Crippen LogP contribution in [0.2, 0.25) is 0 Å². The van der Waals surface area contributed by atoms with Gasteiger partial charge in [-0.1, -0.05) is 143 Å². The van der Waals surface area contributed by atoms with Crippen LogP contribution in [-0.2, 0) is 10.8 Å². The van der Waals surface area contributed by atoms with Crippen LogP contribution >= 0.6 is 0 Å². The van der Waals surface area contributed by atoms with E-state index < -0.39 is 0 Å². The summed E-state index contributed by atoms with van der Waals surface area (Å²) in [6.07, 6.45) is 0. The Labute approximate surface area is 331 Å². The van der Waals surface area contributed by atoms with Crippen molar-refractivity contribution in [1.29, 1.82) is 0 Å². The normalized spacial score (nSPS) is 14.6. The summed E-state index contributed by atoms with van der Waals surface area (Å²) in [4.78, 5) is 2.42. The van der Waals surface area contributed by atoms with Crippen molar-refractivity contribution in [2.24, 2.45) is 0 Å². The van der Waals surface area contributed by atoms with Crippen molar-refractivity contribution in [3.63, 3.8) is 0 Å². The zero-order valence-electron chi connectivity index (χ0n) is 32.4. The zero-order valence-corrected chi connectivity index (χ0v) is 32.4. The molecule has 0 N–H and O–H groups in total. The molecule has 0 saturated heterocycles. The van der Waals surface area contributed by atoms with Crippen molar-refractivity contribution in [2.75, 3.05) is 4.90 Å². The summed E-state index contributed by atoms with van der Waals surface area (Å²) >= 11 is 0. The highest BCUT2D eigenvalue weighted by atomic mass is 16.3. The summed E-state index contributed by atoms with van der Waals surface area (Å²) in [6.45, 7) is 9.35. The van der Waals surface area contributed by atoms with Crippen molar-refractivity contribution < 1.29 is 8.83 Å². The van der Waals surface area contributed by atoms with E-state index in [1.165, 1.54) is 55.6 Å². The molecule has 57 heavy (non-hydrogen) atoms. The molecule has 0 bridgehead atoms. The highest BCUT2D eigenvalue weighted by molar-refractivity contribution is 6.13. The standard InChI is InChI=1S/C54H39NO2/c1-53(2)43-26-22-35(30-41(43)49-45(53)28-24-39-37-14-8-10-16-47(37)56-51(39)49)55(34-20-18-33(19-21-34)32-12-6-5-7-13-32)36-23-27-44-42(31-36)50-46(54(44,3)4)29-25-40-38-15-9-11-17-48(38)57-52(40)50/h5-31H,1-4H3. The molecule has 12 rings (SSSR count). The Hall–Kier alpha value is -6.84. The Morgan fingerprint density at radius 1 is 0.368 bits per heavy atom. The van der Waals surface area contributed by atoms with Crippen LogP contribution in [0.25, 0.3) is 77.3 Å². The molecular formula is C54H39NO2. The van der Waals surface area contributed by atoms with Crippen LogP contribution in [0.15, 0.2) is 173 Å². The van der Waals surface area contributed by atoms with Crippen molar-refractivity contribution in [3.05, 3.63) is 186 Å². The fourth-order valence-electron chi connectivity index (χ4n) is 10.2. The molecule has 0 aliphatic heterocycles. The first kappa shape index (κ1) is 32.4. The maximum atomic E-state index is 6.71. The Morgan fingerprint density at radius 2 is 0.789 bits per heavy atom. The summed E-state index contributed by atoms with van der Waals surface area (Å²) in [7, 11) is 0. The quantitative estimate of drug-likeness (QED) is 0.180. The van der Waals surface area contributed by atoms with Crippen molar-refractivity contribution in [3.8, 4) is 33.4 Å². The van der Waals surface area contributed by atoms with Crippen molar-refractivity contribution >= 4 is 60.9 Å². The molecule has 272 valence electrons. The molecule has 8 aromatic carbocycles. The molecule has 2 aliphatic carbocycles. The molecular weight excluding hydrogens is 695 g/mol. The van der Waals surface area contributed by atoms with Crippen molar-refractivity contribution in [1.82, 2.24) is 0 Å². The fraction of sp³-hybridized carbons (Fsp3) is 0.111. The lowest BCUT2D eigenvalue weighted by atomic mass is 9.82. The average Bonchev–Trinajstić information content (AvgIpc) is 3.94. The molecule has 10 aromatic rings.